The molecule has 0 atom stereocenters. The van der Waals surface area contributed by atoms with Crippen LogP contribution in [0, 0.1) is 63.2 Å². The zero-order valence-corrected chi connectivity index (χ0v) is 12.2. The van der Waals surface area contributed by atoms with Crippen molar-refractivity contribution in [2.75, 3.05) is 0 Å². The maximum atomic E-state index is 4.93. The van der Waals surface area contributed by atoms with E-state index in [-0.39, 0.29) is 0 Å². The Morgan fingerprint density at radius 1 is 0.733 bits per heavy atom. The second-order valence-corrected chi connectivity index (χ2v) is 6.05. The Morgan fingerprint density at radius 3 is 1.00 bits per heavy atom. The predicted molar refractivity (Wildman–Crippen MR) is 55.5 cm³/mol. The Kier molecular flexibility index (Phi) is 13.1. The van der Waals surface area contributed by atoms with E-state index in [9.17, 15) is 0 Å². The summed E-state index contributed by atoms with van der Waals surface area (Å²) in [5.41, 5.74) is 0. The molecule has 0 aromatic heterocycles. The van der Waals surface area contributed by atoms with Crippen molar-refractivity contribution in [2.24, 2.45) is 0 Å². The van der Waals surface area contributed by atoms with Crippen molar-refractivity contribution in [3.05, 3.63) is 63.2 Å². The van der Waals surface area contributed by atoms with E-state index >= 15 is 0 Å². The summed E-state index contributed by atoms with van der Waals surface area (Å²) in [6.45, 7) is 3.82. The second-order valence-electron chi connectivity index (χ2n) is 2.32. The summed E-state index contributed by atoms with van der Waals surface area (Å²) in [7, 11) is 9.87. The molecule has 0 saturated heterocycles. The molecule has 72 valence electrons. The van der Waals surface area contributed by atoms with Gasteiger partial charge in [-0.3, -0.25) is 0 Å². The fraction of sp³-hybridized carbons (Fsp3) is 0.167. The van der Waals surface area contributed by atoms with Crippen LogP contribution in [0.2, 0.25) is 0 Å². The van der Waals surface area contributed by atoms with E-state index in [0.717, 1.165) is 11.8 Å². The third-order valence-corrected chi connectivity index (χ3v) is 1.12. The van der Waals surface area contributed by atoms with Crippen molar-refractivity contribution in [3.8, 4) is 0 Å². The Labute approximate surface area is 114 Å². The van der Waals surface area contributed by atoms with E-state index in [0.29, 0.717) is 0 Å². The summed E-state index contributed by atoms with van der Waals surface area (Å²) >= 11 is -0.826. The first-order valence-electron chi connectivity index (χ1n) is 3.88. The molecule has 2 aliphatic rings. The van der Waals surface area contributed by atoms with Gasteiger partial charge in [-0.1, -0.05) is 13.8 Å². The van der Waals surface area contributed by atoms with Gasteiger partial charge in [0, 0.05) is 0 Å². The summed E-state index contributed by atoms with van der Waals surface area (Å²) in [6.07, 6.45) is 21.6. The van der Waals surface area contributed by atoms with Crippen LogP contribution in [0.1, 0.15) is 13.8 Å². The van der Waals surface area contributed by atoms with Crippen molar-refractivity contribution in [1.82, 2.24) is 0 Å². The molecule has 2 saturated carbocycles. The molecule has 2 rings (SSSR count). The minimum atomic E-state index is -0.826. The summed E-state index contributed by atoms with van der Waals surface area (Å²) < 4.78 is 0. The third-order valence-electron chi connectivity index (χ3n) is 1.12. The van der Waals surface area contributed by atoms with Gasteiger partial charge in [0.2, 0.25) is 0 Å². The fourth-order valence-corrected chi connectivity index (χ4v) is 0.562. The monoisotopic (exact) mass is 310 g/mol. The summed E-state index contributed by atoms with van der Waals surface area (Å²) in [5.74, 6) is 1.96. The number of hydrogen-bond donors (Lipinski definition) is 0. The van der Waals surface area contributed by atoms with Crippen molar-refractivity contribution in [1.29, 1.82) is 0 Å². The van der Waals surface area contributed by atoms with Crippen molar-refractivity contribution >= 4 is 17.0 Å². The van der Waals surface area contributed by atoms with Crippen molar-refractivity contribution in [3.63, 3.8) is 0 Å². The Hall–Kier alpha value is 1.46. The van der Waals surface area contributed by atoms with Crippen LogP contribution in [0.15, 0.2) is 0 Å². The van der Waals surface area contributed by atoms with Gasteiger partial charge in [-0.2, -0.15) is 0 Å². The molecule has 0 aliphatic heterocycles. The quantitative estimate of drug-likeness (QED) is 0.644. The molecule has 15 heavy (non-hydrogen) atoms. The fourth-order valence-electron chi connectivity index (χ4n) is 0.562. The van der Waals surface area contributed by atoms with E-state index in [2.05, 4.69) is 51.4 Å². The summed E-state index contributed by atoms with van der Waals surface area (Å²) in [6, 6.07) is 0. The third kappa shape index (κ3) is 11.7. The van der Waals surface area contributed by atoms with E-state index < -0.39 is 20.8 Å². The molecule has 2 aliphatic carbocycles. The normalized spacial score (nSPS) is 21.3. The molecule has 0 N–H and O–H groups in total. The Balaban J connectivity index is 0.000000210. The molecule has 0 nitrogen and oxygen atoms in total. The van der Waals surface area contributed by atoms with Crippen LogP contribution in [-0.2, 0) is 20.8 Å². The van der Waals surface area contributed by atoms with Gasteiger partial charge in [0.25, 0.3) is 0 Å². The van der Waals surface area contributed by atoms with Crippen LogP contribution in [0.25, 0.3) is 0 Å². The van der Waals surface area contributed by atoms with Crippen LogP contribution in [0.5, 0.6) is 0 Å². The molecule has 0 aromatic carbocycles. The maximum absolute atomic E-state index is 4.93. The van der Waals surface area contributed by atoms with Gasteiger partial charge in [-0.25, -0.2) is 0 Å². The first-order chi connectivity index (χ1) is 7.20. The minimum absolute atomic E-state index is 0.826. The zero-order chi connectivity index (χ0) is 11.5. The first-order valence-corrected chi connectivity index (χ1v) is 10.2. The Morgan fingerprint density at radius 2 is 0.933 bits per heavy atom. The van der Waals surface area contributed by atoms with Gasteiger partial charge in [-0.05, 0) is 63.2 Å². The van der Waals surface area contributed by atoms with Gasteiger partial charge < -0.3 is 0 Å². The predicted octanol–water partition coefficient (Wildman–Crippen LogP) is 3.22. The molecule has 3 heteroatoms. The molecule has 0 aromatic rings. The SMILES string of the molecule is C[C]1[C][C][C][C]1.C[C]1[C][C][C][C]1.[Cl][Zr][Cl]. The van der Waals surface area contributed by atoms with Crippen LogP contribution in [-0.4, -0.2) is 0 Å². The molecular formula is C12H6Cl2Zr. The number of rotatable bonds is 0. The second kappa shape index (κ2) is 11.9. The zero-order valence-electron chi connectivity index (χ0n) is 8.26. The summed E-state index contributed by atoms with van der Waals surface area (Å²) in [4.78, 5) is 0. The number of hydrogen-bond acceptors (Lipinski definition) is 0. The van der Waals surface area contributed by atoms with Gasteiger partial charge >= 0.3 is 37.9 Å². The van der Waals surface area contributed by atoms with Crippen LogP contribution in [0.3, 0.4) is 0 Å². The standard InChI is InChI=1S/2C6H3.2ClH.Zr/c2*1-6-4-2-3-5-6;;;/h2*1H3;2*1H;/q;;;;+2/p-2. The van der Waals surface area contributed by atoms with Gasteiger partial charge in [0.15, 0.2) is 0 Å². The van der Waals surface area contributed by atoms with Gasteiger partial charge in [0.05, 0.1) is 0 Å². The van der Waals surface area contributed by atoms with Crippen LogP contribution in [0.4, 0.5) is 0 Å². The molecule has 2 fully saturated rings. The van der Waals surface area contributed by atoms with Gasteiger partial charge in [0.1, 0.15) is 0 Å². The number of halogens is 2. The Bertz CT molecular complexity index is 105. The van der Waals surface area contributed by atoms with Crippen LogP contribution < -0.4 is 0 Å². The molecule has 18 radical (unpaired) electrons. The van der Waals surface area contributed by atoms with E-state index in [1.54, 1.807) is 0 Å². The van der Waals surface area contributed by atoms with Crippen molar-refractivity contribution in [2.45, 2.75) is 13.8 Å². The molecule has 0 unspecified atom stereocenters. The molecule has 0 spiro atoms. The summed E-state index contributed by atoms with van der Waals surface area (Å²) in [5, 5.41) is 0. The average molecular weight is 312 g/mol. The average Bonchev–Trinajstić information content (AvgIpc) is 2.81. The van der Waals surface area contributed by atoms with E-state index in [1.807, 2.05) is 13.8 Å². The molecule has 0 amide bonds. The molecule has 0 heterocycles. The van der Waals surface area contributed by atoms with E-state index in [4.69, 9.17) is 17.0 Å². The van der Waals surface area contributed by atoms with E-state index in [1.165, 1.54) is 0 Å². The van der Waals surface area contributed by atoms with Crippen molar-refractivity contribution < 1.29 is 20.8 Å². The van der Waals surface area contributed by atoms with Crippen LogP contribution >= 0.6 is 17.0 Å². The van der Waals surface area contributed by atoms with Gasteiger partial charge in [-0.15, -0.1) is 0 Å². The first kappa shape index (κ1) is 16.5. The molecular weight excluding hydrogens is 306 g/mol. The topological polar surface area (TPSA) is 0 Å². The molecule has 0 bridgehead atoms.